The van der Waals surface area contributed by atoms with E-state index in [-0.39, 0.29) is 11.3 Å². The lowest BCUT2D eigenvalue weighted by Crippen LogP contribution is -2.12. The minimum atomic E-state index is -2.93. The Kier molecular flexibility index (Phi) is 4.00. The van der Waals surface area contributed by atoms with Crippen molar-refractivity contribution in [1.82, 2.24) is 10.2 Å². The van der Waals surface area contributed by atoms with Gasteiger partial charge < -0.3 is 4.74 Å². The van der Waals surface area contributed by atoms with Crippen molar-refractivity contribution in [2.75, 3.05) is 5.32 Å². The second kappa shape index (κ2) is 5.70. The van der Waals surface area contributed by atoms with Gasteiger partial charge in [-0.25, -0.2) is 0 Å². The molecule has 0 fully saturated rings. The van der Waals surface area contributed by atoms with Gasteiger partial charge in [-0.05, 0) is 25.1 Å². The number of benzene rings is 1. The molecule has 19 heavy (non-hydrogen) atoms. The van der Waals surface area contributed by atoms with Crippen molar-refractivity contribution in [1.29, 1.82) is 0 Å². The van der Waals surface area contributed by atoms with E-state index in [4.69, 9.17) is 0 Å². The van der Waals surface area contributed by atoms with Crippen LogP contribution in [-0.4, -0.2) is 22.7 Å². The molecule has 0 saturated heterocycles. The van der Waals surface area contributed by atoms with Crippen LogP contribution in [0.15, 0.2) is 24.3 Å². The van der Waals surface area contributed by atoms with Crippen LogP contribution in [0.3, 0.4) is 0 Å². The fourth-order valence-corrected chi connectivity index (χ4v) is 1.92. The van der Waals surface area contributed by atoms with Crippen LogP contribution in [-0.2, 0) is 0 Å². The van der Waals surface area contributed by atoms with Gasteiger partial charge in [0, 0.05) is 5.56 Å². The SMILES string of the molecule is Cc1nnc(NC(=O)c2cccc(OC(F)F)c2)s1. The molecule has 1 heterocycles. The summed E-state index contributed by atoms with van der Waals surface area (Å²) in [5.41, 5.74) is 0.200. The second-order valence-electron chi connectivity index (χ2n) is 3.49. The molecule has 2 aromatic rings. The number of rotatable bonds is 4. The van der Waals surface area contributed by atoms with Gasteiger partial charge in [0.15, 0.2) is 0 Å². The van der Waals surface area contributed by atoms with Gasteiger partial charge in [-0.2, -0.15) is 8.78 Å². The predicted molar refractivity (Wildman–Crippen MR) is 65.7 cm³/mol. The molecule has 0 aliphatic rings. The fourth-order valence-electron chi connectivity index (χ4n) is 1.33. The molecule has 1 aromatic carbocycles. The topological polar surface area (TPSA) is 64.1 Å². The molecule has 2 rings (SSSR count). The van der Waals surface area contributed by atoms with Crippen LogP contribution in [0.2, 0.25) is 0 Å². The number of hydrogen-bond donors (Lipinski definition) is 1. The number of aryl methyl sites for hydroxylation is 1. The van der Waals surface area contributed by atoms with Gasteiger partial charge in [-0.3, -0.25) is 10.1 Å². The highest BCUT2D eigenvalue weighted by Gasteiger charge is 2.11. The lowest BCUT2D eigenvalue weighted by atomic mass is 10.2. The highest BCUT2D eigenvalue weighted by Crippen LogP contribution is 2.18. The number of carbonyl (C=O) groups excluding carboxylic acids is 1. The van der Waals surface area contributed by atoms with Crippen molar-refractivity contribution >= 4 is 22.4 Å². The Balaban J connectivity index is 2.10. The van der Waals surface area contributed by atoms with Crippen molar-refractivity contribution in [3.05, 3.63) is 34.8 Å². The fraction of sp³-hybridized carbons (Fsp3) is 0.182. The van der Waals surface area contributed by atoms with E-state index in [2.05, 4.69) is 20.3 Å². The number of hydrogen-bond acceptors (Lipinski definition) is 5. The lowest BCUT2D eigenvalue weighted by Gasteiger charge is -2.06. The second-order valence-corrected chi connectivity index (χ2v) is 4.67. The number of carbonyl (C=O) groups is 1. The van der Waals surface area contributed by atoms with Gasteiger partial charge in [-0.15, -0.1) is 10.2 Å². The number of amides is 1. The van der Waals surface area contributed by atoms with E-state index < -0.39 is 12.5 Å². The van der Waals surface area contributed by atoms with Crippen LogP contribution in [0.5, 0.6) is 5.75 Å². The molecular formula is C11H9F2N3O2S. The average molecular weight is 285 g/mol. The zero-order chi connectivity index (χ0) is 13.8. The van der Waals surface area contributed by atoms with E-state index >= 15 is 0 Å². The van der Waals surface area contributed by atoms with Gasteiger partial charge in [-0.1, -0.05) is 17.4 Å². The van der Waals surface area contributed by atoms with Crippen LogP contribution in [0.1, 0.15) is 15.4 Å². The van der Waals surface area contributed by atoms with Gasteiger partial charge >= 0.3 is 6.61 Å². The Morgan fingerprint density at radius 1 is 1.42 bits per heavy atom. The normalized spacial score (nSPS) is 10.5. The minimum absolute atomic E-state index is 0.0731. The monoisotopic (exact) mass is 285 g/mol. The predicted octanol–water partition coefficient (Wildman–Crippen LogP) is 2.70. The largest absolute Gasteiger partial charge is 0.435 e. The van der Waals surface area contributed by atoms with Crippen LogP contribution in [0, 0.1) is 6.92 Å². The summed E-state index contributed by atoms with van der Waals surface area (Å²) in [5.74, 6) is -0.535. The number of anilines is 1. The molecule has 0 aliphatic heterocycles. The Morgan fingerprint density at radius 2 is 2.21 bits per heavy atom. The first-order valence-electron chi connectivity index (χ1n) is 5.21. The summed E-state index contributed by atoms with van der Waals surface area (Å²) >= 11 is 1.22. The van der Waals surface area contributed by atoms with Crippen LogP contribution >= 0.6 is 11.3 Å². The average Bonchev–Trinajstić information content (AvgIpc) is 2.74. The number of halogens is 2. The number of alkyl halides is 2. The van der Waals surface area contributed by atoms with E-state index in [0.29, 0.717) is 10.1 Å². The number of nitrogens with zero attached hydrogens (tertiary/aromatic N) is 2. The van der Waals surface area contributed by atoms with E-state index in [9.17, 15) is 13.6 Å². The Hall–Kier alpha value is -2.09. The third-order valence-electron chi connectivity index (χ3n) is 2.07. The summed E-state index contributed by atoms with van der Waals surface area (Å²) < 4.78 is 28.3. The van der Waals surface area contributed by atoms with Crippen LogP contribution < -0.4 is 10.1 Å². The number of nitrogens with one attached hydrogen (secondary N) is 1. The van der Waals surface area contributed by atoms with Gasteiger partial charge in [0.2, 0.25) is 5.13 Å². The lowest BCUT2D eigenvalue weighted by molar-refractivity contribution is -0.0498. The summed E-state index contributed by atoms with van der Waals surface area (Å²) in [6.07, 6.45) is 0. The summed E-state index contributed by atoms with van der Waals surface area (Å²) in [4.78, 5) is 11.8. The van der Waals surface area contributed by atoms with E-state index in [0.717, 1.165) is 0 Å². The molecule has 1 amide bonds. The van der Waals surface area contributed by atoms with Crippen molar-refractivity contribution in [2.24, 2.45) is 0 Å². The molecule has 8 heteroatoms. The zero-order valence-corrected chi connectivity index (χ0v) is 10.6. The van der Waals surface area contributed by atoms with Gasteiger partial charge in [0.25, 0.3) is 5.91 Å². The van der Waals surface area contributed by atoms with Crippen molar-refractivity contribution < 1.29 is 18.3 Å². The van der Waals surface area contributed by atoms with Crippen LogP contribution in [0.25, 0.3) is 0 Å². The molecule has 0 aliphatic carbocycles. The Bertz CT molecular complexity index is 589. The molecule has 0 spiro atoms. The standard InChI is InChI=1S/C11H9F2N3O2S/c1-6-15-16-11(19-6)14-9(17)7-3-2-4-8(5-7)18-10(12)13/h2-5,10H,1H3,(H,14,16,17). The first-order chi connectivity index (χ1) is 9.04. The number of aromatic nitrogens is 2. The van der Waals surface area contributed by atoms with E-state index in [1.807, 2.05) is 0 Å². The van der Waals surface area contributed by atoms with Crippen molar-refractivity contribution in [3.63, 3.8) is 0 Å². The highest BCUT2D eigenvalue weighted by molar-refractivity contribution is 7.15. The summed E-state index contributed by atoms with van der Waals surface area (Å²) in [7, 11) is 0. The van der Waals surface area contributed by atoms with E-state index in [1.165, 1.54) is 35.6 Å². The maximum Gasteiger partial charge on any atom is 0.387 e. The van der Waals surface area contributed by atoms with Gasteiger partial charge in [0.1, 0.15) is 10.8 Å². The molecule has 0 radical (unpaired) electrons. The molecule has 0 bridgehead atoms. The third-order valence-corrected chi connectivity index (χ3v) is 2.82. The molecule has 0 unspecified atom stereocenters. The minimum Gasteiger partial charge on any atom is -0.435 e. The molecule has 1 aromatic heterocycles. The molecule has 0 saturated carbocycles. The van der Waals surface area contributed by atoms with E-state index in [1.54, 1.807) is 6.92 Å². The summed E-state index contributed by atoms with van der Waals surface area (Å²) in [6.45, 7) is -1.17. The molecule has 5 nitrogen and oxygen atoms in total. The molecule has 0 atom stereocenters. The molecular weight excluding hydrogens is 276 g/mol. The first kappa shape index (κ1) is 13.3. The van der Waals surface area contributed by atoms with Gasteiger partial charge in [0.05, 0.1) is 0 Å². The van der Waals surface area contributed by atoms with Crippen molar-refractivity contribution in [2.45, 2.75) is 13.5 Å². The first-order valence-corrected chi connectivity index (χ1v) is 6.02. The molecule has 100 valence electrons. The quantitative estimate of drug-likeness (QED) is 0.938. The maximum atomic E-state index is 12.1. The Morgan fingerprint density at radius 3 is 2.84 bits per heavy atom. The third kappa shape index (κ3) is 3.68. The highest BCUT2D eigenvalue weighted by atomic mass is 32.1. The van der Waals surface area contributed by atoms with Crippen LogP contribution in [0.4, 0.5) is 13.9 Å². The summed E-state index contributed by atoms with van der Waals surface area (Å²) in [5, 5.41) is 11.1. The smallest absolute Gasteiger partial charge is 0.387 e. The molecule has 1 N–H and O–H groups in total. The Labute approximate surface area is 111 Å². The van der Waals surface area contributed by atoms with Crippen molar-refractivity contribution in [3.8, 4) is 5.75 Å². The maximum absolute atomic E-state index is 12.1. The zero-order valence-electron chi connectivity index (χ0n) is 9.76. The summed E-state index contributed by atoms with van der Waals surface area (Å²) in [6, 6.07) is 5.52. The number of ether oxygens (including phenoxy) is 1.